The molecule has 14 heavy (non-hydrogen) atoms. The molecule has 0 radical (unpaired) electrons. The molecular formula is C7H16N2O4S. The molecule has 0 unspecified atom stereocenters. The Labute approximate surface area is 84.0 Å². The van der Waals surface area contributed by atoms with Gasteiger partial charge in [0, 0.05) is 0 Å². The van der Waals surface area contributed by atoms with Crippen LogP contribution in [0.2, 0.25) is 0 Å². The second-order valence-corrected chi connectivity index (χ2v) is 5.64. The molecule has 0 fully saturated rings. The van der Waals surface area contributed by atoms with Gasteiger partial charge in [-0.1, -0.05) is 0 Å². The summed E-state index contributed by atoms with van der Waals surface area (Å²) in [7, 11) is -3.43. The number of ether oxygens (including phenoxy) is 1. The zero-order valence-corrected chi connectivity index (χ0v) is 9.56. The lowest BCUT2D eigenvalue weighted by Crippen LogP contribution is -2.44. The molecule has 0 rings (SSSR count). The van der Waals surface area contributed by atoms with Crippen LogP contribution in [0.4, 0.5) is 4.79 Å². The van der Waals surface area contributed by atoms with Gasteiger partial charge in [-0.05, 0) is 27.7 Å². The number of hydrazine groups is 1. The third-order valence-corrected chi connectivity index (χ3v) is 2.26. The minimum absolute atomic E-state index is 0.108. The van der Waals surface area contributed by atoms with Gasteiger partial charge in [-0.15, -0.1) is 4.83 Å². The minimum Gasteiger partial charge on any atom is -0.443 e. The zero-order valence-electron chi connectivity index (χ0n) is 8.75. The lowest BCUT2D eigenvalue weighted by atomic mass is 10.2. The van der Waals surface area contributed by atoms with Crippen LogP contribution >= 0.6 is 0 Å². The highest BCUT2D eigenvalue weighted by atomic mass is 32.2. The van der Waals surface area contributed by atoms with Crippen molar-refractivity contribution >= 4 is 16.1 Å². The van der Waals surface area contributed by atoms with Crippen LogP contribution in [0.1, 0.15) is 27.7 Å². The van der Waals surface area contributed by atoms with Crippen LogP contribution < -0.4 is 10.3 Å². The van der Waals surface area contributed by atoms with E-state index in [4.69, 9.17) is 4.74 Å². The molecule has 0 saturated carbocycles. The molecule has 6 nitrogen and oxygen atoms in total. The molecule has 7 heteroatoms. The molecular weight excluding hydrogens is 208 g/mol. The average Bonchev–Trinajstić information content (AvgIpc) is 1.98. The Bertz CT molecular complexity index is 291. The van der Waals surface area contributed by atoms with Crippen molar-refractivity contribution in [2.45, 2.75) is 33.3 Å². The van der Waals surface area contributed by atoms with E-state index in [2.05, 4.69) is 0 Å². The summed E-state index contributed by atoms with van der Waals surface area (Å²) in [6.45, 7) is 6.50. The first-order chi connectivity index (χ1) is 6.16. The minimum atomic E-state index is -3.43. The Morgan fingerprint density at radius 1 is 1.36 bits per heavy atom. The molecule has 0 aliphatic carbocycles. The van der Waals surface area contributed by atoms with Crippen molar-refractivity contribution in [2.24, 2.45) is 0 Å². The summed E-state index contributed by atoms with van der Waals surface area (Å²) < 4.78 is 26.6. The normalized spacial score (nSPS) is 12.3. The van der Waals surface area contributed by atoms with Crippen LogP contribution in [-0.2, 0) is 14.8 Å². The summed E-state index contributed by atoms with van der Waals surface area (Å²) in [5, 5.41) is 0. The number of amides is 1. The average molecular weight is 224 g/mol. The van der Waals surface area contributed by atoms with E-state index in [0.717, 1.165) is 0 Å². The van der Waals surface area contributed by atoms with Crippen LogP contribution in [0.3, 0.4) is 0 Å². The van der Waals surface area contributed by atoms with Gasteiger partial charge in [-0.25, -0.2) is 18.6 Å². The fourth-order valence-electron chi connectivity index (χ4n) is 0.495. The fraction of sp³-hybridized carbons (Fsp3) is 0.857. The van der Waals surface area contributed by atoms with Crippen LogP contribution in [0, 0.1) is 0 Å². The van der Waals surface area contributed by atoms with Crippen molar-refractivity contribution in [2.75, 3.05) is 5.75 Å². The van der Waals surface area contributed by atoms with Crippen molar-refractivity contribution < 1.29 is 17.9 Å². The lowest BCUT2D eigenvalue weighted by Gasteiger charge is -2.19. The summed E-state index contributed by atoms with van der Waals surface area (Å²) in [5.74, 6) is -0.108. The fourth-order valence-corrected chi connectivity index (χ4v) is 0.878. The molecule has 0 aromatic rings. The Hall–Kier alpha value is -0.820. The van der Waals surface area contributed by atoms with Gasteiger partial charge in [0.15, 0.2) is 0 Å². The number of hydrogen-bond donors (Lipinski definition) is 2. The first kappa shape index (κ1) is 13.2. The number of sulfonamides is 1. The first-order valence-electron chi connectivity index (χ1n) is 4.15. The maximum Gasteiger partial charge on any atom is 0.422 e. The second-order valence-electron chi connectivity index (χ2n) is 3.63. The smallest absolute Gasteiger partial charge is 0.422 e. The first-order valence-corrected chi connectivity index (χ1v) is 5.80. The molecule has 0 heterocycles. The Balaban J connectivity index is 4.00. The zero-order chi connectivity index (χ0) is 11.4. The van der Waals surface area contributed by atoms with Crippen molar-refractivity contribution in [3.05, 3.63) is 0 Å². The number of nitrogens with one attached hydrogen (secondary N) is 2. The van der Waals surface area contributed by atoms with Gasteiger partial charge in [0.1, 0.15) is 5.60 Å². The predicted octanol–water partition coefficient (Wildman–Crippen LogP) is 0.365. The van der Waals surface area contributed by atoms with E-state index in [-0.39, 0.29) is 5.75 Å². The number of carbonyl (C=O) groups is 1. The third-order valence-electron chi connectivity index (χ3n) is 1.09. The molecule has 0 aliphatic rings. The topological polar surface area (TPSA) is 84.5 Å². The molecule has 0 aromatic heterocycles. The van der Waals surface area contributed by atoms with Crippen molar-refractivity contribution in [1.82, 2.24) is 10.3 Å². The molecule has 0 aliphatic heterocycles. The maximum absolute atomic E-state index is 11.0. The van der Waals surface area contributed by atoms with Crippen molar-refractivity contribution in [1.29, 1.82) is 0 Å². The Kier molecular flexibility index (Phi) is 4.34. The van der Waals surface area contributed by atoms with Crippen LogP contribution in [-0.4, -0.2) is 25.9 Å². The standard InChI is InChI=1S/C7H16N2O4S/c1-5-14(11,12)9-8-6(10)13-7(2,3)4/h9H,5H2,1-4H3,(H,8,10). The van der Waals surface area contributed by atoms with E-state index in [1.807, 2.05) is 10.3 Å². The van der Waals surface area contributed by atoms with Crippen LogP contribution in [0.15, 0.2) is 0 Å². The van der Waals surface area contributed by atoms with Crippen LogP contribution in [0.5, 0.6) is 0 Å². The van der Waals surface area contributed by atoms with Gasteiger partial charge in [0.2, 0.25) is 10.0 Å². The summed E-state index contributed by atoms with van der Waals surface area (Å²) >= 11 is 0. The van der Waals surface area contributed by atoms with Gasteiger partial charge in [0.25, 0.3) is 0 Å². The number of rotatable bonds is 3. The predicted molar refractivity (Wildman–Crippen MR) is 52.0 cm³/mol. The molecule has 0 aromatic carbocycles. The third kappa shape index (κ3) is 6.67. The van der Waals surface area contributed by atoms with E-state index >= 15 is 0 Å². The number of hydrogen-bond acceptors (Lipinski definition) is 4. The molecule has 84 valence electrons. The molecule has 0 spiro atoms. The van der Waals surface area contributed by atoms with E-state index in [1.165, 1.54) is 6.92 Å². The van der Waals surface area contributed by atoms with Gasteiger partial charge >= 0.3 is 6.09 Å². The van der Waals surface area contributed by atoms with Gasteiger partial charge in [0.05, 0.1) is 5.75 Å². The van der Waals surface area contributed by atoms with Crippen LogP contribution in [0.25, 0.3) is 0 Å². The quantitative estimate of drug-likeness (QED) is 0.678. The molecule has 0 saturated heterocycles. The Morgan fingerprint density at radius 3 is 2.21 bits per heavy atom. The summed E-state index contributed by atoms with van der Waals surface area (Å²) in [6.07, 6.45) is -0.825. The lowest BCUT2D eigenvalue weighted by molar-refractivity contribution is 0.0515. The van der Waals surface area contributed by atoms with E-state index in [1.54, 1.807) is 20.8 Å². The molecule has 1 amide bonds. The van der Waals surface area contributed by atoms with Gasteiger partial charge < -0.3 is 4.74 Å². The van der Waals surface area contributed by atoms with Crippen molar-refractivity contribution in [3.63, 3.8) is 0 Å². The van der Waals surface area contributed by atoms with Gasteiger partial charge in [-0.3, -0.25) is 0 Å². The highest BCUT2D eigenvalue weighted by Gasteiger charge is 2.17. The Morgan fingerprint density at radius 2 is 1.86 bits per heavy atom. The molecule has 0 atom stereocenters. The largest absolute Gasteiger partial charge is 0.443 e. The van der Waals surface area contributed by atoms with Gasteiger partial charge in [-0.2, -0.15) is 0 Å². The number of carbonyl (C=O) groups excluding carboxylic acids is 1. The highest BCUT2D eigenvalue weighted by molar-refractivity contribution is 7.89. The van der Waals surface area contributed by atoms with E-state index < -0.39 is 21.7 Å². The van der Waals surface area contributed by atoms with E-state index in [9.17, 15) is 13.2 Å². The SMILES string of the molecule is CCS(=O)(=O)NNC(=O)OC(C)(C)C. The van der Waals surface area contributed by atoms with E-state index in [0.29, 0.717) is 0 Å². The van der Waals surface area contributed by atoms with Crippen molar-refractivity contribution in [3.8, 4) is 0 Å². The second kappa shape index (κ2) is 4.61. The summed E-state index contributed by atoms with van der Waals surface area (Å²) in [4.78, 5) is 12.8. The highest BCUT2D eigenvalue weighted by Crippen LogP contribution is 2.05. The summed E-state index contributed by atoms with van der Waals surface area (Å²) in [5.41, 5.74) is 1.28. The maximum atomic E-state index is 11.0. The monoisotopic (exact) mass is 224 g/mol. The summed E-state index contributed by atoms with van der Waals surface area (Å²) in [6, 6.07) is 0. The molecule has 2 N–H and O–H groups in total. The molecule has 0 bridgehead atoms.